The van der Waals surface area contributed by atoms with Crippen molar-refractivity contribution < 1.29 is 4.92 Å². The van der Waals surface area contributed by atoms with Gasteiger partial charge in [0.15, 0.2) is 5.82 Å². The Labute approximate surface area is 120 Å². The standard InChI is InChI=1S/C15H12N4O2/c1-11-4-2-5-13(15(11)19(20)21)12-6-7-14(16-10-12)18-9-3-8-17-18/h2-10H,1H3. The number of benzene rings is 1. The van der Waals surface area contributed by atoms with Crippen molar-refractivity contribution in [2.45, 2.75) is 6.92 Å². The Bertz CT molecular complexity index is 780. The van der Waals surface area contributed by atoms with E-state index in [2.05, 4.69) is 10.1 Å². The van der Waals surface area contributed by atoms with Gasteiger partial charge in [-0.3, -0.25) is 10.1 Å². The van der Waals surface area contributed by atoms with E-state index >= 15 is 0 Å². The molecule has 3 aromatic rings. The fraction of sp³-hybridized carbons (Fsp3) is 0.0667. The lowest BCUT2D eigenvalue weighted by Gasteiger charge is -2.06. The minimum atomic E-state index is -0.355. The van der Waals surface area contributed by atoms with E-state index in [4.69, 9.17) is 0 Å². The molecule has 0 saturated heterocycles. The molecule has 0 N–H and O–H groups in total. The zero-order valence-electron chi connectivity index (χ0n) is 11.3. The number of nitro groups is 1. The fourth-order valence-electron chi connectivity index (χ4n) is 2.22. The van der Waals surface area contributed by atoms with E-state index in [9.17, 15) is 10.1 Å². The lowest BCUT2D eigenvalue weighted by Crippen LogP contribution is -1.98. The molecule has 0 bridgehead atoms. The Hall–Kier alpha value is -3.02. The van der Waals surface area contributed by atoms with Crippen molar-refractivity contribution in [3.8, 4) is 16.9 Å². The van der Waals surface area contributed by atoms with Crippen LogP contribution in [0.2, 0.25) is 0 Å². The van der Waals surface area contributed by atoms with Crippen LogP contribution in [0.1, 0.15) is 5.56 Å². The van der Waals surface area contributed by atoms with Crippen molar-refractivity contribution in [1.82, 2.24) is 14.8 Å². The van der Waals surface area contributed by atoms with Crippen LogP contribution in [0.3, 0.4) is 0 Å². The molecule has 0 atom stereocenters. The number of pyridine rings is 1. The van der Waals surface area contributed by atoms with Gasteiger partial charge in [-0.1, -0.05) is 12.1 Å². The third-order valence-electron chi connectivity index (χ3n) is 3.22. The second kappa shape index (κ2) is 5.16. The van der Waals surface area contributed by atoms with Crippen molar-refractivity contribution >= 4 is 5.69 Å². The number of para-hydroxylation sites is 1. The summed E-state index contributed by atoms with van der Waals surface area (Å²) in [6.45, 7) is 1.73. The van der Waals surface area contributed by atoms with Crippen LogP contribution in [0.15, 0.2) is 55.0 Å². The predicted molar refractivity (Wildman–Crippen MR) is 78.2 cm³/mol. The Morgan fingerprint density at radius 1 is 1.19 bits per heavy atom. The topological polar surface area (TPSA) is 73.8 Å². The number of hydrogen-bond donors (Lipinski definition) is 0. The van der Waals surface area contributed by atoms with Gasteiger partial charge in [-0.2, -0.15) is 5.10 Å². The lowest BCUT2D eigenvalue weighted by atomic mass is 10.0. The van der Waals surface area contributed by atoms with Crippen molar-refractivity contribution in [1.29, 1.82) is 0 Å². The minimum absolute atomic E-state index is 0.117. The molecule has 0 unspecified atom stereocenters. The second-order valence-corrected chi connectivity index (χ2v) is 4.58. The van der Waals surface area contributed by atoms with E-state index in [1.54, 1.807) is 60.5 Å². The van der Waals surface area contributed by atoms with E-state index in [0.717, 1.165) is 0 Å². The Balaban J connectivity index is 2.06. The number of nitrogens with zero attached hydrogens (tertiary/aromatic N) is 4. The molecular weight excluding hydrogens is 268 g/mol. The van der Waals surface area contributed by atoms with Gasteiger partial charge in [0.25, 0.3) is 5.69 Å². The molecule has 104 valence electrons. The summed E-state index contributed by atoms with van der Waals surface area (Å²) in [6.07, 6.45) is 5.08. The summed E-state index contributed by atoms with van der Waals surface area (Å²) in [5, 5.41) is 15.3. The van der Waals surface area contributed by atoms with Crippen molar-refractivity contribution in [3.63, 3.8) is 0 Å². The van der Waals surface area contributed by atoms with Crippen molar-refractivity contribution in [3.05, 3.63) is 70.7 Å². The van der Waals surface area contributed by atoms with E-state index in [1.165, 1.54) is 0 Å². The number of hydrogen-bond acceptors (Lipinski definition) is 4. The maximum atomic E-state index is 11.2. The van der Waals surface area contributed by atoms with Gasteiger partial charge in [0.2, 0.25) is 0 Å². The van der Waals surface area contributed by atoms with E-state index in [1.807, 2.05) is 6.07 Å². The number of aryl methyl sites for hydroxylation is 1. The summed E-state index contributed by atoms with van der Waals surface area (Å²) in [6, 6.07) is 10.7. The lowest BCUT2D eigenvalue weighted by molar-refractivity contribution is -0.384. The minimum Gasteiger partial charge on any atom is -0.258 e. The molecule has 0 saturated carbocycles. The van der Waals surface area contributed by atoms with Crippen LogP contribution < -0.4 is 0 Å². The maximum absolute atomic E-state index is 11.2. The summed E-state index contributed by atoms with van der Waals surface area (Å²) >= 11 is 0. The molecule has 2 heterocycles. The van der Waals surface area contributed by atoms with Gasteiger partial charge in [-0.05, 0) is 31.2 Å². The first-order valence-corrected chi connectivity index (χ1v) is 6.37. The largest absolute Gasteiger partial charge is 0.280 e. The molecule has 0 aliphatic heterocycles. The Morgan fingerprint density at radius 2 is 2.05 bits per heavy atom. The zero-order valence-corrected chi connectivity index (χ0v) is 11.3. The average Bonchev–Trinajstić information content (AvgIpc) is 3.01. The van der Waals surface area contributed by atoms with E-state index in [0.29, 0.717) is 22.5 Å². The first-order valence-electron chi connectivity index (χ1n) is 6.37. The van der Waals surface area contributed by atoms with E-state index < -0.39 is 0 Å². The molecule has 0 amide bonds. The predicted octanol–water partition coefficient (Wildman–Crippen LogP) is 3.15. The van der Waals surface area contributed by atoms with Crippen LogP contribution in [-0.2, 0) is 0 Å². The van der Waals surface area contributed by atoms with Gasteiger partial charge in [-0.25, -0.2) is 9.67 Å². The summed E-state index contributed by atoms with van der Waals surface area (Å²) in [7, 11) is 0. The third-order valence-corrected chi connectivity index (χ3v) is 3.22. The summed E-state index contributed by atoms with van der Waals surface area (Å²) in [5.41, 5.74) is 2.03. The summed E-state index contributed by atoms with van der Waals surface area (Å²) in [5.74, 6) is 0.666. The molecule has 0 spiro atoms. The zero-order chi connectivity index (χ0) is 14.8. The first kappa shape index (κ1) is 13.0. The quantitative estimate of drug-likeness (QED) is 0.545. The SMILES string of the molecule is Cc1cccc(-c2ccc(-n3cccn3)nc2)c1[N+](=O)[O-]. The number of nitro benzene ring substituents is 1. The molecule has 0 radical (unpaired) electrons. The molecule has 1 aromatic carbocycles. The van der Waals surface area contributed by atoms with Crippen LogP contribution >= 0.6 is 0 Å². The van der Waals surface area contributed by atoms with Crippen LogP contribution in [0.25, 0.3) is 16.9 Å². The average molecular weight is 280 g/mol. The highest BCUT2D eigenvalue weighted by Gasteiger charge is 2.18. The van der Waals surface area contributed by atoms with Gasteiger partial charge in [-0.15, -0.1) is 0 Å². The van der Waals surface area contributed by atoms with Gasteiger partial charge in [0.1, 0.15) is 0 Å². The van der Waals surface area contributed by atoms with Gasteiger partial charge in [0.05, 0.1) is 10.5 Å². The molecule has 21 heavy (non-hydrogen) atoms. The summed E-state index contributed by atoms with van der Waals surface area (Å²) < 4.78 is 1.63. The number of rotatable bonds is 3. The molecular formula is C15H12N4O2. The van der Waals surface area contributed by atoms with Gasteiger partial charge in [0, 0.05) is 29.7 Å². The molecule has 6 heteroatoms. The van der Waals surface area contributed by atoms with Crippen LogP contribution in [0, 0.1) is 17.0 Å². The molecule has 3 rings (SSSR count). The van der Waals surface area contributed by atoms with Crippen molar-refractivity contribution in [2.24, 2.45) is 0 Å². The second-order valence-electron chi connectivity index (χ2n) is 4.58. The summed E-state index contributed by atoms with van der Waals surface area (Å²) in [4.78, 5) is 15.2. The third kappa shape index (κ3) is 2.38. The van der Waals surface area contributed by atoms with Gasteiger partial charge >= 0.3 is 0 Å². The molecule has 0 fully saturated rings. The van der Waals surface area contributed by atoms with Crippen molar-refractivity contribution in [2.75, 3.05) is 0 Å². The Kier molecular flexibility index (Phi) is 3.19. The highest BCUT2D eigenvalue weighted by atomic mass is 16.6. The number of aromatic nitrogens is 3. The highest BCUT2D eigenvalue weighted by molar-refractivity contribution is 5.75. The normalized spacial score (nSPS) is 10.5. The van der Waals surface area contributed by atoms with E-state index in [-0.39, 0.29) is 10.6 Å². The Morgan fingerprint density at radius 3 is 2.67 bits per heavy atom. The maximum Gasteiger partial charge on any atom is 0.280 e. The monoisotopic (exact) mass is 280 g/mol. The smallest absolute Gasteiger partial charge is 0.258 e. The fourth-order valence-corrected chi connectivity index (χ4v) is 2.22. The van der Waals surface area contributed by atoms with Gasteiger partial charge < -0.3 is 0 Å². The van der Waals surface area contributed by atoms with Crippen LogP contribution in [-0.4, -0.2) is 19.7 Å². The highest BCUT2D eigenvalue weighted by Crippen LogP contribution is 2.32. The molecule has 0 aliphatic rings. The molecule has 0 aliphatic carbocycles. The molecule has 2 aromatic heterocycles. The molecule has 6 nitrogen and oxygen atoms in total. The van der Waals surface area contributed by atoms with Crippen LogP contribution in [0.5, 0.6) is 0 Å². The van der Waals surface area contributed by atoms with Crippen LogP contribution in [0.4, 0.5) is 5.69 Å². The first-order chi connectivity index (χ1) is 10.2.